The predicted octanol–water partition coefficient (Wildman–Crippen LogP) is 5.26. The van der Waals surface area contributed by atoms with E-state index < -0.39 is 23.6 Å². The molecule has 0 bridgehead atoms. The number of nitrogens with one attached hydrogen (secondary N) is 1. The number of halogens is 4. The SMILES string of the molecule is Cc1cn2cc(-c3cc(NC(=O)c4ccnc(C(F)(F)F)c4)c(F)cc3C)cc(N3CCOCC3)c2n1. The molecular formula is C26H23F4N5O2. The van der Waals surface area contributed by atoms with E-state index in [4.69, 9.17) is 4.74 Å². The van der Waals surface area contributed by atoms with Gasteiger partial charge in [0.05, 0.1) is 30.3 Å². The third kappa shape index (κ3) is 4.99. The van der Waals surface area contributed by atoms with Gasteiger partial charge in [0.1, 0.15) is 11.5 Å². The van der Waals surface area contributed by atoms with Crippen LogP contribution < -0.4 is 10.2 Å². The summed E-state index contributed by atoms with van der Waals surface area (Å²) < 4.78 is 61.3. The highest BCUT2D eigenvalue weighted by atomic mass is 19.4. The molecule has 5 rings (SSSR count). The fraction of sp³-hybridized carbons (Fsp3) is 0.269. The maximum absolute atomic E-state index is 14.9. The highest BCUT2D eigenvalue weighted by Crippen LogP contribution is 2.34. The number of nitrogens with zero attached hydrogens (tertiary/aromatic N) is 4. The third-order valence-electron chi connectivity index (χ3n) is 6.19. The second-order valence-corrected chi connectivity index (χ2v) is 8.86. The van der Waals surface area contributed by atoms with Gasteiger partial charge in [-0.15, -0.1) is 0 Å². The van der Waals surface area contributed by atoms with Crippen LogP contribution in [0.1, 0.15) is 27.3 Å². The van der Waals surface area contributed by atoms with E-state index in [1.54, 1.807) is 6.92 Å². The minimum Gasteiger partial charge on any atom is -0.378 e. The summed E-state index contributed by atoms with van der Waals surface area (Å²) in [6.45, 7) is 6.22. The van der Waals surface area contributed by atoms with E-state index in [0.29, 0.717) is 43.5 Å². The number of alkyl halides is 3. The topological polar surface area (TPSA) is 71.8 Å². The number of anilines is 2. The summed E-state index contributed by atoms with van der Waals surface area (Å²) in [6.07, 6.45) is -0.0408. The molecule has 11 heteroatoms. The van der Waals surface area contributed by atoms with Crippen LogP contribution in [0, 0.1) is 19.7 Å². The van der Waals surface area contributed by atoms with Crippen molar-refractivity contribution >= 4 is 22.9 Å². The average molecular weight is 513 g/mol. The minimum atomic E-state index is -4.71. The van der Waals surface area contributed by atoms with Crippen LogP contribution in [0.2, 0.25) is 0 Å². The van der Waals surface area contributed by atoms with Gasteiger partial charge < -0.3 is 19.4 Å². The van der Waals surface area contributed by atoms with Crippen LogP contribution >= 0.6 is 0 Å². The van der Waals surface area contributed by atoms with E-state index in [-0.39, 0.29) is 11.3 Å². The molecule has 192 valence electrons. The Labute approximate surface area is 209 Å². The molecule has 37 heavy (non-hydrogen) atoms. The number of carbonyl (C=O) groups excluding carboxylic acids is 1. The highest BCUT2D eigenvalue weighted by molar-refractivity contribution is 6.04. The van der Waals surface area contributed by atoms with Gasteiger partial charge in [-0.25, -0.2) is 9.37 Å². The van der Waals surface area contributed by atoms with Gasteiger partial charge >= 0.3 is 6.18 Å². The second kappa shape index (κ2) is 9.47. The number of benzene rings is 1. The summed E-state index contributed by atoms with van der Waals surface area (Å²) in [6, 6.07) is 6.52. The van der Waals surface area contributed by atoms with Crippen molar-refractivity contribution in [1.82, 2.24) is 14.4 Å². The number of hydrogen-bond donors (Lipinski definition) is 1. The van der Waals surface area contributed by atoms with Crippen molar-refractivity contribution in [3.05, 3.63) is 77.3 Å². The van der Waals surface area contributed by atoms with E-state index in [2.05, 4.69) is 20.2 Å². The maximum atomic E-state index is 14.9. The lowest BCUT2D eigenvalue weighted by molar-refractivity contribution is -0.141. The molecule has 1 aliphatic rings. The molecule has 1 aliphatic heterocycles. The average Bonchev–Trinajstić information content (AvgIpc) is 3.25. The van der Waals surface area contributed by atoms with Crippen molar-refractivity contribution in [1.29, 1.82) is 0 Å². The van der Waals surface area contributed by atoms with Gasteiger partial charge in [-0.3, -0.25) is 9.78 Å². The summed E-state index contributed by atoms with van der Waals surface area (Å²) in [5, 5.41) is 2.41. The monoisotopic (exact) mass is 513 g/mol. The molecular weight excluding hydrogens is 490 g/mol. The number of morpholine rings is 1. The Bertz CT molecular complexity index is 1490. The Morgan fingerprint density at radius 1 is 1.08 bits per heavy atom. The van der Waals surface area contributed by atoms with Gasteiger partial charge in [0, 0.05) is 42.8 Å². The molecule has 0 spiro atoms. The number of rotatable bonds is 4. The lowest BCUT2D eigenvalue weighted by atomic mass is 10.00. The normalized spacial score (nSPS) is 14.3. The molecule has 0 unspecified atom stereocenters. The summed E-state index contributed by atoms with van der Waals surface area (Å²) in [4.78, 5) is 22.8. The van der Waals surface area contributed by atoms with Gasteiger partial charge in [0.25, 0.3) is 5.91 Å². The molecule has 0 aliphatic carbocycles. The molecule has 0 saturated carbocycles. The maximum Gasteiger partial charge on any atom is 0.433 e. The van der Waals surface area contributed by atoms with Gasteiger partial charge in [0.2, 0.25) is 0 Å². The summed E-state index contributed by atoms with van der Waals surface area (Å²) in [5.41, 5.74) is 2.94. The summed E-state index contributed by atoms with van der Waals surface area (Å²) in [5.74, 6) is -1.58. The molecule has 1 amide bonds. The third-order valence-corrected chi connectivity index (χ3v) is 6.19. The van der Waals surface area contributed by atoms with Gasteiger partial charge in [-0.2, -0.15) is 13.2 Å². The molecule has 0 atom stereocenters. The van der Waals surface area contributed by atoms with Crippen molar-refractivity contribution in [3.8, 4) is 11.1 Å². The van der Waals surface area contributed by atoms with Crippen LogP contribution in [-0.4, -0.2) is 46.6 Å². The minimum absolute atomic E-state index is 0.147. The van der Waals surface area contributed by atoms with E-state index in [9.17, 15) is 22.4 Å². The van der Waals surface area contributed by atoms with Crippen molar-refractivity contribution in [2.75, 3.05) is 36.5 Å². The number of aryl methyl sites for hydroxylation is 2. The summed E-state index contributed by atoms with van der Waals surface area (Å²) >= 11 is 0. The van der Waals surface area contributed by atoms with E-state index in [0.717, 1.165) is 34.9 Å². The van der Waals surface area contributed by atoms with E-state index in [1.807, 2.05) is 29.8 Å². The zero-order chi connectivity index (χ0) is 26.3. The second-order valence-electron chi connectivity index (χ2n) is 8.86. The van der Waals surface area contributed by atoms with Crippen LogP contribution in [-0.2, 0) is 10.9 Å². The Balaban J connectivity index is 1.53. The van der Waals surface area contributed by atoms with Crippen LogP contribution in [0.4, 0.5) is 28.9 Å². The lowest BCUT2D eigenvalue weighted by Gasteiger charge is -2.29. The zero-order valence-electron chi connectivity index (χ0n) is 20.1. The van der Waals surface area contributed by atoms with Crippen LogP contribution in [0.3, 0.4) is 0 Å². The first-order valence-electron chi connectivity index (χ1n) is 11.6. The molecule has 7 nitrogen and oxygen atoms in total. The van der Waals surface area contributed by atoms with Crippen molar-refractivity contribution in [2.24, 2.45) is 0 Å². The van der Waals surface area contributed by atoms with E-state index >= 15 is 0 Å². The van der Waals surface area contributed by atoms with Crippen LogP contribution in [0.15, 0.2) is 48.9 Å². The number of pyridine rings is 2. The first kappa shape index (κ1) is 24.7. The van der Waals surface area contributed by atoms with Crippen LogP contribution in [0.5, 0.6) is 0 Å². The fourth-order valence-electron chi connectivity index (χ4n) is 4.39. The Kier molecular flexibility index (Phi) is 6.32. The molecule has 0 radical (unpaired) electrons. The number of fused-ring (bicyclic) bond motifs is 1. The molecule has 1 fully saturated rings. The molecule has 1 N–H and O–H groups in total. The number of hydrogen-bond acceptors (Lipinski definition) is 5. The standard InChI is InChI=1S/C26H23F4N5O2/c1-15-9-20(27)21(33-25(36)17-3-4-31-23(11-17)26(28,29)30)12-19(15)18-10-22(34-5-7-37-8-6-34)24-32-16(2)13-35(24)14-18/h3-4,9-14H,5-8H2,1-2H3,(H,33,36). The Morgan fingerprint density at radius 3 is 2.57 bits per heavy atom. The van der Waals surface area contributed by atoms with Crippen LogP contribution in [0.25, 0.3) is 16.8 Å². The first-order valence-corrected chi connectivity index (χ1v) is 11.6. The highest BCUT2D eigenvalue weighted by Gasteiger charge is 2.33. The molecule has 3 aromatic heterocycles. The molecule has 4 aromatic rings. The number of imidazole rings is 1. The number of amides is 1. The number of ether oxygens (including phenoxy) is 1. The molecule has 1 aromatic carbocycles. The summed E-state index contributed by atoms with van der Waals surface area (Å²) in [7, 11) is 0. The van der Waals surface area contributed by atoms with Gasteiger partial charge in [0.15, 0.2) is 5.65 Å². The first-order chi connectivity index (χ1) is 17.6. The van der Waals surface area contributed by atoms with Crippen molar-refractivity contribution in [3.63, 3.8) is 0 Å². The van der Waals surface area contributed by atoms with Gasteiger partial charge in [-0.05, 0) is 55.3 Å². The Hall–Kier alpha value is -3.99. The largest absolute Gasteiger partial charge is 0.433 e. The van der Waals surface area contributed by atoms with Gasteiger partial charge in [-0.1, -0.05) is 0 Å². The van der Waals surface area contributed by atoms with Crippen molar-refractivity contribution < 1.29 is 27.1 Å². The van der Waals surface area contributed by atoms with E-state index in [1.165, 1.54) is 12.1 Å². The molecule has 1 saturated heterocycles. The quantitative estimate of drug-likeness (QED) is 0.377. The fourth-order valence-corrected chi connectivity index (χ4v) is 4.39. The lowest BCUT2D eigenvalue weighted by Crippen LogP contribution is -2.36. The van der Waals surface area contributed by atoms with Crippen molar-refractivity contribution in [2.45, 2.75) is 20.0 Å². The smallest absolute Gasteiger partial charge is 0.378 e. The molecule has 4 heterocycles. The number of carbonyl (C=O) groups is 1. The Morgan fingerprint density at radius 2 is 1.84 bits per heavy atom. The number of aromatic nitrogens is 3. The predicted molar refractivity (Wildman–Crippen MR) is 130 cm³/mol. The zero-order valence-corrected chi connectivity index (χ0v) is 20.1.